The maximum Gasteiger partial charge on any atom is 0.210 e. The molecule has 0 aliphatic heterocycles. The largest absolute Gasteiger partial charge is 0.321 e. The highest BCUT2D eigenvalue weighted by Crippen LogP contribution is 2.21. The highest BCUT2D eigenvalue weighted by molar-refractivity contribution is 8.13. The second-order valence-corrected chi connectivity index (χ2v) is 4.18. The SMILES string of the molecule is C[C@H](N)C(=O)Sc1ccc(Cl)cc1. The van der Waals surface area contributed by atoms with Crippen molar-refractivity contribution in [2.24, 2.45) is 5.73 Å². The average molecular weight is 216 g/mol. The van der Waals surface area contributed by atoms with Gasteiger partial charge in [-0.05, 0) is 31.2 Å². The summed E-state index contributed by atoms with van der Waals surface area (Å²) in [6.07, 6.45) is 0. The molecule has 0 aromatic heterocycles. The van der Waals surface area contributed by atoms with Crippen LogP contribution in [-0.4, -0.2) is 11.2 Å². The second-order valence-electron chi connectivity index (χ2n) is 2.66. The van der Waals surface area contributed by atoms with Gasteiger partial charge >= 0.3 is 0 Å². The fourth-order valence-corrected chi connectivity index (χ4v) is 1.53. The third-order valence-electron chi connectivity index (χ3n) is 1.40. The molecule has 2 N–H and O–H groups in total. The number of thioether (sulfide) groups is 1. The summed E-state index contributed by atoms with van der Waals surface area (Å²) in [4.78, 5) is 12.1. The number of rotatable bonds is 2. The lowest BCUT2D eigenvalue weighted by molar-refractivity contribution is -0.111. The fraction of sp³-hybridized carbons (Fsp3) is 0.222. The lowest BCUT2D eigenvalue weighted by atomic mass is 10.4. The molecule has 0 saturated heterocycles. The average Bonchev–Trinajstić information content (AvgIpc) is 2.08. The van der Waals surface area contributed by atoms with Crippen molar-refractivity contribution in [1.29, 1.82) is 0 Å². The summed E-state index contributed by atoms with van der Waals surface area (Å²) in [5, 5.41) is 0.625. The van der Waals surface area contributed by atoms with Crippen LogP contribution in [0.25, 0.3) is 0 Å². The van der Waals surface area contributed by atoms with Crippen LogP contribution in [0.3, 0.4) is 0 Å². The summed E-state index contributed by atoms with van der Waals surface area (Å²) in [5.41, 5.74) is 5.42. The molecule has 1 aromatic rings. The van der Waals surface area contributed by atoms with Crippen LogP contribution in [0.15, 0.2) is 29.2 Å². The van der Waals surface area contributed by atoms with Gasteiger partial charge in [-0.25, -0.2) is 0 Å². The lowest BCUT2D eigenvalue weighted by Gasteiger charge is -2.02. The van der Waals surface area contributed by atoms with Gasteiger partial charge in [0.2, 0.25) is 5.12 Å². The van der Waals surface area contributed by atoms with Crippen molar-refractivity contribution in [2.75, 3.05) is 0 Å². The first-order valence-corrected chi connectivity index (χ1v) is 5.02. The molecule has 0 radical (unpaired) electrons. The van der Waals surface area contributed by atoms with Crippen LogP contribution in [0.5, 0.6) is 0 Å². The molecule has 0 fully saturated rings. The Labute approximate surface area is 86.5 Å². The summed E-state index contributed by atoms with van der Waals surface area (Å²) in [5.74, 6) is 0. The summed E-state index contributed by atoms with van der Waals surface area (Å²) in [6.45, 7) is 1.67. The van der Waals surface area contributed by atoms with E-state index < -0.39 is 6.04 Å². The van der Waals surface area contributed by atoms with E-state index in [1.807, 2.05) is 0 Å². The molecule has 0 unspecified atom stereocenters. The Morgan fingerprint density at radius 1 is 1.46 bits per heavy atom. The number of halogens is 1. The van der Waals surface area contributed by atoms with Crippen molar-refractivity contribution in [3.05, 3.63) is 29.3 Å². The van der Waals surface area contributed by atoms with Crippen LogP contribution in [0.2, 0.25) is 5.02 Å². The monoisotopic (exact) mass is 215 g/mol. The molecule has 0 saturated carbocycles. The summed E-state index contributed by atoms with van der Waals surface area (Å²) < 4.78 is 0. The second kappa shape index (κ2) is 4.65. The Morgan fingerprint density at radius 2 is 2.00 bits per heavy atom. The van der Waals surface area contributed by atoms with Crippen molar-refractivity contribution in [3.63, 3.8) is 0 Å². The molecule has 0 heterocycles. The van der Waals surface area contributed by atoms with E-state index in [2.05, 4.69) is 0 Å². The predicted octanol–water partition coefficient (Wildman–Crippen LogP) is 2.31. The summed E-state index contributed by atoms with van der Waals surface area (Å²) >= 11 is 6.83. The van der Waals surface area contributed by atoms with Gasteiger partial charge in [-0.15, -0.1) is 0 Å². The Hall–Kier alpha value is -0.510. The topological polar surface area (TPSA) is 43.1 Å². The molecule has 13 heavy (non-hydrogen) atoms. The van der Waals surface area contributed by atoms with E-state index in [1.54, 1.807) is 31.2 Å². The van der Waals surface area contributed by atoms with Gasteiger partial charge in [0.15, 0.2) is 0 Å². The maximum absolute atomic E-state index is 11.2. The highest BCUT2D eigenvalue weighted by Gasteiger charge is 2.08. The first kappa shape index (κ1) is 10.6. The zero-order valence-electron chi connectivity index (χ0n) is 7.16. The first-order valence-electron chi connectivity index (χ1n) is 3.82. The van der Waals surface area contributed by atoms with Gasteiger partial charge < -0.3 is 5.73 Å². The molecule has 0 aliphatic rings. The fourth-order valence-electron chi connectivity index (χ4n) is 0.712. The number of nitrogens with two attached hydrogens (primary N) is 1. The van der Waals surface area contributed by atoms with Crippen LogP contribution in [-0.2, 0) is 4.79 Å². The van der Waals surface area contributed by atoms with Gasteiger partial charge in [0.1, 0.15) is 0 Å². The molecule has 70 valence electrons. The Bertz CT molecular complexity index is 297. The molecule has 0 spiro atoms. The van der Waals surface area contributed by atoms with Gasteiger partial charge in [-0.2, -0.15) is 0 Å². The van der Waals surface area contributed by atoms with Crippen LogP contribution in [0.1, 0.15) is 6.92 Å². The van der Waals surface area contributed by atoms with E-state index in [0.717, 1.165) is 16.7 Å². The van der Waals surface area contributed by atoms with E-state index in [-0.39, 0.29) is 5.12 Å². The van der Waals surface area contributed by atoms with Crippen molar-refractivity contribution in [1.82, 2.24) is 0 Å². The molecule has 1 rings (SSSR count). The third-order valence-corrected chi connectivity index (χ3v) is 2.74. The minimum Gasteiger partial charge on any atom is -0.321 e. The predicted molar refractivity (Wildman–Crippen MR) is 56.0 cm³/mol. The number of carbonyl (C=O) groups excluding carboxylic acids is 1. The van der Waals surface area contributed by atoms with E-state index in [4.69, 9.17) is 17.3 Å². The van der Waals surface area contributed by atoms with Crippen molar-refractivity contribution >= 4 is 28.5 Å². The Kier molecular flexibility index (Phi) is 3.78. The molecule has 0 bridgehead atoms. The minimum atomic E-state index is -0.430. The van der Waals surface area contributed by atoms with Crippen LogP contribution in [0.4, 0.5) is 0 Å². The lowest BCUT2D eigenvalue weighted by Crippen LogP contribution is -2.23. The molecular formula is C9H10ClNOS. The highest BCUT2D eigenvalue weighted by atomic mass is 35.5. The molecule has 4 heteroatoms. The number of carbonyl (C=O) groups is 1. The van der Waals surface area contributed by atoms with Crippen LogP contribution in [0, 0.1) is 0 Å². The molecule has 2 nitrogen and oxygen atoms in total. The van der Waals surface area contributed by atoms with Gasteiger partial charge in [-0.1, -0.05) is 23.4 Å². The number of hydrogen-bond acceptors (Lipinski definition) is 3. The van der Waals surface area contributed by atoms with Gasteiger partial charge in [0.25, 0.3) is 0 Å². The van der Waals surface area contributed by atoms with Crippen molar-refractivity contribution in [3.8, 4) is 0 Å². The van der Waals surface area contributed by atoms with Crippen molar-refractivity contribution in [2.45, 2.75) is 17.9 Å². The Balaban J connectivity index is 2.65. The molecule has 1 aromatic carbocycles. The van der Waals surface area contributed by atoms with Gasteiger partial charge in [0, 0.05) is 9.92 Å². The van der Waals surface area contributed by atoms with Crippen LogP contribution < -0.4 is 5.73 Å². The summed E-state index contributed by atoms with van der Waals surface area (Å²) in [7, 11) is 0. The first-order chi connectivity index (χ1) is 6.09. The standard InChI is InChI=1S/C9H10ClNOS/c1-6(11)9(12)13-8-4-2-7(10)3-5-8/h2-6H,11H2,1H3/t6-/m0/s1. The van der Waals surface area contributed by atoms with Gasteiger partial charge in [0.05, 0.1) is 6.04 Å². The van der Waals surface area contributed by atoms with Gasteiger partial charge in [-0.3, -0.25) is 4.79 Å². The van der Waals surface area contributed by atoms with E-state index in [0.29, 0.717) is 5.02 Å². The van der Waals surface area contributed by atoms with Crippen LogP contribution >= 0.6 is 23.4 Å². The molecule has 1 atom stereocenters. The zero-order valence-corrected chi connectivity index (χ0v) is 8.73. The zero-order chi connectivity index (χ0) is 9.84. The Morgan fingerprint density at radius 3 is 2.46 bits per heavy atom. The maximum atomic E-state index is 11.2. The molecular weight excluding hydrogens is 206 g/mol. The normalized spacial score (nSPS) is 12.5. The molecule has 0 aliphatic carbocycles. The number of hydrogen-bond donors (Lipinski definition) is 1. The van der Waals surface area contributed by atoms with E-state index >= 15 is 0 Å². The third kappa shape index (κ3) is 3.38. The molecule has 0 amide bonds. The van der Waals surface area contributed by atoms with E-state index in [9.17, 15) is 4.79 Å². The smallest absolute Gasteiger partial charge is 0.210 e. The number of benzene rings is 1. The van der Waals surface area contributed by atoms with Crippen molar-refractivity contribution < 1.29 is 4.79 Å². The van der Waals surface area contributed by atoms with E-state index in [1.165, 1.54) is 0 Å². The minimum absolute atomic E-state index is 0.0395. The summed E-state index contributed by atoms with van der Waals surface area (Å²) in [6, 6.07) is 6.66. The quantitative estimate of drug-likeness (QED) is 0.770.